The van der Waals surface area contributed by atoms with Crippen LogP contribution >= 0.6 is 0 Å². The van der Waals surface area contributed by atoms with Gasteiger partial charge in [-0.3, -0.25) is 19.2 Å². The quantitative estimate of drug-likeness (QED) is 0.234. The Hall–Kier alpha value is -2.52. The number of hydrogen-bond donors (Lipinski definition) is 0. The third-order valence-electron chi connectivity index (χ3n) is 4.78. The molecule has 30 heavy (non-hydrogen) atoms. The number of ketones is 1. The Morgan fingerprint density at radius 1 is 1.20 bits per heavy atom. The molecule has 1 aliphatic carbocycles. The molecule has 9 nitrogen and oxygen atoms in total. The second-order valence-electron chi connectivity index (χ2n) is 7.27. The summed E-state index contributed by atoms with van der Waals surface area (Å²) >= 11 is 0. The lowest BCUT2D eigenvalue weighted by atomic mass is 9.78. The Labute approximate surface area is 175 Å². The monoisotopic (exact) mass is 424 g/mol. The van der Waals surface area contributed by atoms with Gasteiger partial charge in [-0.2, -0.15) is 0 Å². The third kappa shape index (κ3) is 5.14. The smallest absolute Gasteiger partial charge is 0.320 e. The predicted molar refractivity (Wildman–Crippen MR) is 103 cm³/mol. The number of carbonyl (C=O) groups is 4. The fraction of sp³-hybridized carbons (Fsp3) is 0.619. The molecule has 0 aromatic heterocycles. The third-order valence-corrected chi connectivity index (χ3v) is 4.78. The first kappa shape index (κ1) is 23.8. The Balaban J connectivity index is 2.49. The first-order valence-electron chi connectivity index (χ1n) is 9.84. The van der Waals surface area contributed by atoms with E-state index in [4.69, 9.17) is 23.7 Å². The van der Waals surface area contributed by atoms with Gasteiger partial charge < -0.3 is 23.7 Å². The molecule has 2 aliphatic rings. The summed E-state index contributed by atoms with van der Waals surface area (Å²) in [5.74, 6) is -8.27. The van der Waals surface area contributed by atoms with Gasteiger partial charge in [0, 0.05) is 5.92 Å². The molecule has 1 heterocycles. The highest BCUT2D eigenvalue weighted by molar-refractivity contribution is 6.10. The van der Waals surface area contributed by atoms with Crippen LogP contribution in [0.4, 0.5) is 0 Å². The molecule has 0 spiro atoms. The van der Waals surface area contributed by atoms with Crippen LogP contribution < -0.4 is 0 Å². The minimum Gasteiger partial charge on any atom is -0.465 e. The van der Waals surface area contributed by atoms with E-state index in [0.717, 1.165) is 0 Å². The molecule has 1 saturated heterocycles. The molecule has 0 bridgehead atoms. The minimum atomic E-state index is -1.53. The van der Waals surface area contributed by atoms with Crippen molar-refractivity contribution in [2.75, 3.05) is 26.4 Å². The molecule has 2 rings (SSSR count). The standard InChI is InChI=1S/C21H28O9/c1-6-9-28-18(23)16-13(22)10-12(14-11-29-21(4,5)30-14)15(16)17(19(24)26-7-2)20(25)27-8-3/h6,10,14-17H,1,7-9,11H2,2-5H3/t14-,15-,16-/m1/s1. The zero-order valence-electron chi connectivity index (χ0n) is 17.7. The average Bonchev–Trinajstić information content (AvgIpc) is 3.19. The molecule has 0 radical (unpaired) electrons. The molecule has 0 N–H and O–H groups in total. The van der Waals surface area contributed by atoms with Gasteiger partial charge in [0.15, 0.2) is 17.5 Å². The maximum absolute atomic E-state index is 12.8. The number of esters is 3. The minimum absolute atomic E-state index is 0.0100. The zero-order chi connectivity index (χ0) is 22.5. The summed E-state index contributed by atoms with van der Waals surface area (Å²) in [5, 5.41) is 0. The lowest BCUT2D eigenvalue weighted by Crippen LogP contribution is -2.43. The van der Waals surface area contributed by atoms with Crippen LogP contribution in [0.1, 0.15) is 27.7 Å². The molecule has 9 heteroatoms. The summed E-state index contributed by atoms with van der Waals surface area (Å²) in [5.41, 5.74) is 0.303. The van der Waals surface area contributed by atoms with E-state index in [0.29, 0.717) is 5.57 Å². The normalized spacial score (nSPS) is 25.0. The van der Waals surface area contributed by atoms with Crippen LogP contribution in [0.3, 0.4) is 0 Å². The SMILES string of the molecule is C=CCOC(=O)[C@@H]1C(=O)C=C([C@H]2COC(C)(C)O2)[C@H]1C(C(=O)OCC)C(=O)OCC. The van der Waals surface area contributed by atoms with Gasteiger partial charge in [-0.15, -0.1) is 0 Å². The van der Waals surface area contributed by atoms with E-state index in [-0.39, 0.29) is 26.4 Å². The van der Waals surface area contributed by atoms with Gasteiger partial charge in [0.1, 0.15) is 18.6 Å². The average molecular weight is 424 g/mol. The van der Waals surface area contributed by atoms with Gasteiger partial charge in [-0.1, -0.05) is 12.7 Å². The summed E-state index contributed by atoms with van der Waals surface area (Å²) in [6, 6.07) is 0. The molecule has 1 aliphatic heterocycles. The van der Waals surface area contributed by atoms with Crippen molar-refractivity contribution in [1.82, 2.24) is 0 Å². The fourth-order valence-corrected chi connectivity index (χ4v) is 3.61. The van der Waals surface area contributed by atoms with E-state index in [1.165, 1.54) is 12.2 Å². The number of allylic oxidation sites excluding steroid dienone is 1. The second-order valence-corrected chi connectivity index (χ2v) is 7.27. The topological polar surface area (TPSA) is 114 Å². The Morgan fingerprint density at radius 3 is 2.27 bits per heavy atom. The Bertz CT molecular complexity index is 719. The lowest BCUT2D eigenvalue weighted by Gasteiger charge is -2.28. The molecule has 1 fully saturated rings. The summed E-state index contributed by atoms with van der Waals surface area (Å²) in [6.45, 7) is 10.0. The van der Waals surface area contributed by atoms with Crippen molar-refractivity contribution in [2.45, 2.75) is 39.6 Å². The van der Waals surface area contributed by atoms with Crippen LogP contribution in [0.25, 0.3) is 0 Å². The zero-order valence-corrected chi connectivity index (χ0v) is 17.7. The highest BCUT2D eigenvalue weighted by Crippen LogP contribution is 2.42. The van der Waals surface area contributed by atoms with Gasteiger partial charge >= 0.3 is 17.9 Å². The van der Waals surface area contributed by atoms with E-state index in [1.807, 2.05) is 0 Å². The van der Waals surface area contributed by atoms with Crippen molar-refractivity contribution < 1.29 is 42.9 Å². The van der Waals surface area contributed by atoms with E-state index < -0.39 is 53.3 Å². The Morgan fingerprint density at radius 2 is 1.80 bits per heavy atom. The van der Waals surface area contributed by atoms with Crippen molar-refractivity contribution in [1.29, 1.82) is 0 Å². The van der Waals surface area contributed by atoms with Crippen LogP contribution in [0.2, 0.25) is 0 Å². The van der Waals surface area contributed by atoms with Gasteiger partial charge in [-0.25, -0.2) is 0 Å². The van der Waals surface area contributed by atoms with E-state index in [9.17, 15) is 19.2 Å². The van der Waals surface area contributed by atoms with Crippen molar-refractivity contribution in [3.8, 4) is 0 Å². The summed E-state index contributed by atoms with van der Waals surface area (Å²) in [7, 11) is 0. The molecular formula is C21H28O9. The van der Waals surface area contributed by atoms with E-state index in [2.05, 4.69) is 6.58 Å². The van der Waals surface area contributed by atoms with Crippen LogP contribution in [0, 0.1) is 17.8 Å². The van der Waals surface area contributed by atoms with Crippen molar-refractivity contribution >= 4 is 23.7 Å². The molecular weight excluding hydrogens is 396 g/mol. The fourth-order valence-electron chi connectivity index (χ4n) is 3.61. The van der Waals surface area contributed by atoms with Crippen LogP contribution in [0.5, 0.6) is 0 Å². The summed E-state index contributed by atoms with van der Waals surface area (Å²) in [4.78, 5) is 50.9. The van der Waals surface area contributed by atoms with Crippen LogP contribution in [-0.4, -0.2) is 62.0 Å². The highest BCUT2D eigenvalue weighted by atomic mass is 16.7. The van der Waals surface area contributed by atoms with Crippen LogP contribution in [-0.2, 0) is 42.9 Å². The number of ether oxygens (including phenoxy) is 5. The van der Waals surface area contributed by atoms with Gasteiger partial charge in [0.25, 0.3) is 0 Å². The molecule has 0 aromatic carbocycles. The molecule has 0 saturated carbocycles. The van der Waals surface area contributed by atoms with Crippen molar-refractivity contribution in [3.05, 3.63) is 24.3 Å². The second kappa shape index (κ2) is 9.99. The lowest BCUT2D eigenvalue weighted by molar-refractivity contribution is -0.166. The van der Waals surface area contributed by atoms with E-state index in [1.54, 1.807) is 27.7 Å². The van der Waals surface area contributed by atoms with Gasteiger partial charge in [0.2, 0.25) is 0 Å². The maximum atomic E-state index is 12.8. The summed E-state index contributed by atoms with van der Waals surface area (Å²) in [6.07, 6.45) is 1.86. The van der Waals surface area contributed by atoms with Crippen molar-refractivity contribution in [3.63, 3.8) is 0 Å². The first-order valence-corrected chi connectivity index (χ1v) is 9.84. The van der Waals surface area contributed by atoms with E-state index >= 15 is 0 Å². The molecule has 0 aromatic rings. The molecule has 0 amide bonds. The largest absolute Gasteiger partial charge is 0.465 e. The number of rotatable bonds is 9. The molecule has 166 valence electrons. The maximum Gasteiger partial charge on any atom is 0.320 e. The van der Waals surface area contributed by atoms with Gasteiger partial charge in [-0.05, 0) is 39.3 Å². The van der Waals surface area contributed by atoms with Crippen molar-refractivity contribution in [2.24, 2.45) is 17.8 Å². The van der Waals surface area contributed by atoms with Crippen LogP contribution in [0.15, 0.2) is 24.3 Å². The number of hydrogen-bond acceptors (Lipinski definition) is 9. The number of carbonyl (C=O) groups excluding carboxylic acids is 4. The van der Waals surface area contributed by atoms with Gasteiger partial charge in [0.05, 0.1) is 19.8 Å². The first-order chi connectivity index (χ1) is 14.2. The molecule has 3 atom stereocenters. The predicted octanol–water partition coefficient (Wildman–Crippen LogP) is 1.35. The summed E-state index contributed by atoms with van der Waals surface area (Å²) < 4.78 is 26.6. The Kier molecular flexibility index (Phi) is 7.91. The molecule has 0 unspecified atom stereocenters. The highest BCUT2D eigenvalue weighted by Gasteiger charge is 2.55.